The van der Waals surface area contributed by atoms with Crippen LogP contribution >= 0.6 is 12.2 Å². The third kappa shape index (κ3) is 6.63. The first-order valence-corrected chi connectivity index (χ1v) is 10.2. The number of hydrogen-bond acceptors (Lipinski definition) is 6. The van der Waals surface area contributed by atoms with Crippen molar-refractivity contribution in [1.82, 2.24) is 5.32 Å². The summed E-state index contributed by atoms with van der Waals surface area (Å²) >= 11 is 5.12. The van der Waals surface area contributed by atoms with Crippen molar-refractivity contribution in [1.29, 1.82) is 0 Å². The number of sulfone groups is 1. The number of anilines is 1. The van der Waals surface area contributed by atoms with Gasteiger partial charge in [-0.15, -0.1) is 0 Å². The largest absolute Gasteiger partial charge is 0.491 e. The van der Waals surface area contributed by atoms with E-state index >= 15 is 0 Å². The van der Waals surface area contributed by atoms with Gasteiger partial charge in [-0.1, -0.05) is 0 Å². The second kappa shape index (κ2) is 9.45. The molecule has 144 valence electrons. The maximum atomic E-state index is 12.2. The monoisotopic (exact) mass is 408 g/mol. The Kier molecular flexibility index (Phi) is 7.28. The Morgan fingerprint density at radius 1 is 1.04 bits per heavy atom. The minimum atomic E-state index is -3.26. The summed E-state index contributed by atoms with van der Waals surface area (Å²) in [6, 6.07) is 12.7. The zero-order chi connectivity index (χ0) is 19.9. The lowest BCUT2D eigenvalue weighted by atomic mass is 10.2. The molecular weight excluding hydrogens is 388 g/mol. The van der Waals surface area contributed by atoms with Crippen molar-refractivity contribution in [3.8, 4) is 5.75 Å². The van der Waals surface area contributed by atoms with Gasteiger partial charge in [0.25, 0.3) is 5.91 Å². The highest BCUT2D eigenvalue weighted by molar-refractivity contribution is 7.90. The number of carbonyl (C=O) groups excluding carboxylic acids is 1. The quantitative estimate of drug-likeness (QED) is 0.536. The SMILES string of the molecule is COCCOc1ccc(C(=O)NC(=S)Nc2ccc(S(C)(=O)=O)cc2)cc1. The second-order valence-electron chi connectivity index (χ2n) is 5.57. The van der Waals surface area contributed by atoms with E-state index in [1.165, 1.54) is 12.1 Å². The van der Waals surface area contributed by atoms with Gasteiger partial charge >= 0.3 is 0 Å². The van der Waals surface area contributed by atoms with Crippen LogP contribution in [-0.2, 0) is 14.6 Å². The molecule has 0 aliphatic heterocycles. The molecule has 0 heterocycles. The molecule has 2 aromatic carbocycles. The van der Waals surface area contributed by atoms with Crippen LogP contribution in [0.1, 0.15) is 10.4 Å². The topological polar surface area (TPSA) is 93.7 Å². The van der Waals surface area contributed by atoms with Gasteiger partial charge in [-0.05, 0) is 60.7 Å². The number of ether oxygens (including phenoxy) is 2. The highest BCUT2D eigenvalue weighted by atomic mass is 32.2. The zero-order valence-corrected chi connectivity index (χ0v) is 16.5. The van der Waals surface area contributed by atoms with E-state index < -0.39 is 9.84 Å². The molecule has 0 saturated heterocycles. The number of rotatable bonds is 7. The lowest BCUT2D eigenvalue weighted by Crippen LogP contribution is -2.34. The van der Waals surface area contributed by atoms with E-state index in [0.29, 0.717) is 30.2 Å². The van der Waals surface area contributed by atoms with E-state index in [4.69, 9.17) is 21.7 Å². The molecule has 9 heteroatoms. The minimum absolute atomic E-state index is 0.104. The number of hydrogen-bond donors (Lipinski definition) is 2. The van der Waals surface area contributed by atoms with Crippen molar-refractivity contribution in [2.24, 2.45) is 0 Å². The number of nitrogens with one attached hydrogen (secondary N) is 2. The maximum Gasteiger partial charge on any atom is 0.257 e. The summed E-state index contributed by atoms with van der Waals surface area (Å²) in [6.45, 7) is 0.904. The van der Waals surface area contributed by atoms with Gasteiger partial charge in [0.2, 0.25) is 0 Å². The van der Waals surface area contributed by atoms with Gasteiger partial charge in [-0.2, -0.15) is 0 Å². The van der Waals surface area contributed by atoms with Crippen molar-refractivity contribution in [3.63, 3.8) is 0 Å². The van der Waals surface area contributed by atoms with E-state index in [2.05, 4.69) is 10.6 Å². The highest BCUT2D eigenvalue weighted by Gasteiger charge is 2.10. The van der Waals surface area contributed by atoms with Crippen LogP contribution in [0.3, 0.4) is 0 Å². The summed E-state index contributed by atoms with van der Waals surface area (Å²) in [5.41, 5.74) is 0.986. The van der Waals surface area contributed by atoms with Crippen molar-refractivity contribution >= 4 is 38.8 Å². The van der Waals surface area contributed by atoms with E-state index in [9.17, 15) is 13.2 Å². The normalized spacial score (nSPS) is 10.9. The predicted octanol–water partition coefficient (Wildman–Crippen LogP) is 2.24. The third-order valence-electron chi connectivity index (χ3n) is 3.44. The maximum absolute atomic E-state index is 12.2. The summed E-state index contributed by atoms with van der Waals surface area (Å²) in [7, 11) is -1.67. The van der Waals surface area contributed by atoms with Crippen molar-refractivity contribution < 1.29 is 22.7 Å². The van der Waals surface area contributed by atoms with Gasteiger partial charge in [-0.25, -0.2) is 8.42 Å². The van der Waals surface area contributed by atoms with E-state index in [-0.39, 0.29) is 15.9 Å². The summed E-state index contributed by atoms with van der Waals surface area (Å²) < 4.78 is 33.2. The molecule has 0 fully saturated rings. The lowest BCUT2D eigenvalue weighted by molar-refractivity contribution is 0.0977. The Morgan fingerprint density at radius 3 is 2.22 bits per heavy atom. The average Bonchev–Trinajstić information content (AvgIpc) is 2.62. The summed E-state index contributed by atoms with van der Waals surface area (Å²) in [5.74, 6) is 0.263. The van der Waals surface area contributed by atoms with Crippen LogP contribution in [0.15, 0.2) is 53.4 Å². The van der Waals surface area contributed by atoms with Crippen LogP contribution in [0.25, 0.3) is 0 Å². The molecule has 0 aliphatic carbocycles. The first kappa shape index (κ1) is 20.8. The van der Waals surface area contributed by atoms with E-state index in [1.54, 1.807) is 43.5 Å². The Morgan fingerprint density at radius 2 is 1.67 bits per heavy atom. The van der Waals surface area contributed by atoms with Crippen LogP contribution in [-0.4, -0.2) is 46.0 Å². The van der Waals surface area contributed by atoms with Gasteiger partial charge in [0.05, 0.1) is 11.5 Å². The zero-order valence-electron chi connectivity index (χ0n) is 14.9. The van der Waals surface area contributed by atoms with Crippen molar-refractivity contribution in [3.05, 3.63) is 54.1 Å². The highest BCUT2D eigenvalue weighted by Crippen LogP contribution is 2.14. The van der Waals surface area contributed by atoms with Gasteiger partial charge in [0.15, 0.2) is 14.9 Å². The number of benzene rings is 2. The molecule has 2 rings (SSSR count). The Balaban J connectivity index is 1.90. The van der Waals surface area contributed by atoms with Gasteiger partial charge in [0.1, 0.15) is 12.4 Å². The lowest BCUT2D eigenvalue weighted by Gasteiger charge is -2.10. The summed E-state index contributed by atoms with van der Waals surface area (Å²) in [5, 5.41) is 5.50. The standard InChI is InChI=1S/C18H20N2O5S2/c1-24-11-12-25-15-7-3-13(4-8-15)17(21)20-18(26)19-14-5-9-16(10-6-14)27(2,22)23/h3-10H,11-12H2,1-2H3,(H2,19,20,21,26). The minimum Gasteiger partial charge on any atom is -0.491 e. The molecule has 27 heavy (non-hydrogen) atoms. The molecule has 0 aliphatic rings. The molecule has 7 nitrogen and oxygen atoms in total. The average molecular weight is 409 g/mol. The summed E-state index contributed by atoms with van der Waals surface area (Å²) in [4.78, 5) is 12.4. The fourth-order valence-corrected chi connectivity index (χ4v) is 2.91. The summed E-state index contributed by atoms with van der Waals surface area (Å²) in [6.07, 6.45) is 1.13. The van der Waals surface area contributed by atoms with Gasteiger partial charge < -0.3 is 14.8 Å². The molecule has 1 amide bonds. The van der Waals surface area contributed by atoms with Gasteiger partial charge in [0, 0.05) is 24.6 Å². The molecule has 0 unspecified atom stereocenters. The molecule has 0 radical (unpaired) electrons. The van der Waals surface area contributed by atoms with E-state index in [1.807, 2.05) is 0 Å². The van der Waals surface area contributed by atoms with Crippen LogP contribution in [0.4, 0.5) is 5.69 Å². The number of thiocarbonyl (C=S) groups is 1. The number of methoxy groups -OCH3 is 1. The smallest absolute Gasteiger partial charge is 0.257 e. The molecular formula is C18H20N2O5S2. The van der Waals surface area contributed by atoms with Crippen LogP contribution < -0.4 is 15.4 Å². The first-order chi connectivity index (χ1) is 12.8. The molecule has 0 aromatic heterocycles. The van der Waals surface area contributed by atoms with Crippen LogP contribution in [0, 0.1) is 0 Å². The molecule has 2 aromatic rings. The number of carbonyl (C=O) groups is 1. The van der Waals surface area contributed by atoms with Crippen molar-refractivity contribution in [2.75, 3.05) is 31.9 Å². The molecule has 0 spiro atoms. The third-order valence-corrected chi connectivity index (χ3v) is 4.77. The van der Waals surface area contributed by atoms with E-state index in [0.717, 1.165) is 6.26 Å². The predicted molar refractivity (Wildman–Crippen MR) is 107 cm³/mol. The molecule has 0 saturated carbocycles. The fraction of sp³-hybridized carbons (Fsp3) is 0.222. The van der Waals surface area contributed by atoms with Crippen LogP contribution in [0.2, 0.25) is 0 Å². The number of amides is 1. The Bertz CT molecular complexity index is 894. The first-order valence-electron chi connectivity index (χ1n) is 7.94. The Hall–Kier alpha value is -2.49. The molecule has 0 bridgehead atoms. The second-order valence-corrected chi connectivity index (χ2v) is 7.99. The van der Waals surface area contributed by atoms with Gasteiger partial charge in [-0.3, -0.25) is 10.1 Å². The Labute approximate surface area is 163 Å². The van der Waals surface area contributed by atoms with Crippen LogP contribution in [0.5, 0.6) is 5.75 Å². The fourth-order valence-electron chi connectivity index (χ4n) is 2.07. The molecule has 2 N–H and O–H groups in total. The van der Waals surface area contributed by atoms with Crippen molar-refractivity contribution in [2.45, 2.75) is 4.90 Å². The molecule has 0 atom stereocenters.